The number of hydrogen-bond acceptors (Lipinski definition) is 2. The van der Waals surface area contributed by atoms with Crippen molar-refractivity contribution < 1.29 is 18.1 Å². The van der Waals surface area contributed by atoms with E-state index in [0.717, 1.165) is 40.1 Å². The van der Waals surface area contributed by atoms with Crippen LogP contribution in [0, 0.1) is 0 Å². The van der Waals surface area contributed by atoms with Crippen molar-refractivity contribution in [3.8, 4) is 22.5 Å². The molecule has 0 aliphatic heterocycles. The number of benzene rings is 3. The zero-order chi connectivity index (χ0) is 18.1. The minimum Gasteiger partial charge on any atom is -1.00 e. The van der Waals surface area contributed by atoms with Crippen molar-refractivity contribution in [2.75, 3.05) is 0 Å². The number of hydrogen-bond donors (Lipinski definition) is 1. The third-order valence-corrected chi connectivity index (χ3v) is 4.99. The maximum Gasteiger partial charge on any atom is 0.0997 e. The van der Waals surface area contributed by atoms with E-state index < -0.39 is 0 Å². The molecule has 0 unspecified atom stereocenters. The minimum atomic E-state index is 0. The van der Waals surface area contributed by atoms with Gasteiger partial charge in [-0.25, -0.2) is 9.97 Å². The molecule has 3 nitrogen and oxygen atoms in total. The molecule has 0 aliphatic rings. The number of halogens is 3. The van der Waals surface area contributed by atoms with Gasteiger partial charge in [-0.05, 0) is 12.1 Å². The van der Waals surface area contributed by atoms with E-state index in [1.807, 2.05) is 30.3 Å². The molecule has 0 amide bonds. The average Bonchev–Trinajstić information content (AvgIpc) is 2.69. The molecule has 1 heterocycles. The van der Waals surface area contributed by atoms with Crippen LogP contribution in [0.25, 0.3) is 33.5 Å². The van der Waals surface area contributed by atoms with Crippen LogP contribution in [0.4, 0.5) is 0 Å². The largest absolute Gasteiger partial charge is 1.00 e. The number of nitrogens with zero attached hydrogens (tertiary/aromatic N) is 2. The molecular weight excluding hydrogens is 401 g/mol. The van der Waals surface area contributed by atoms with E-state index in [-0.39, 0.29) is 12.4 Å². The molecule has 4 aromatic rings. The standard InChI is InChI=1S/C21H15Cl2N3.ClH/c22-16-10-18-19(11-17(16)23)26-21(15-8-6-13(12-24)7-9-15)20(25-18)14-4-2-1-3-5-14;/h1-11H,12,24H2;1H. The normalized spacial score (nSPS) is 10.6. The van der Waals surface area contributed by atoms with E-state index in [1.165, 1.54) is 5.56 Å². The molecule has 0 saturated heterocycles. The quantitative estimate of drug-likeness (QED) is 0.555. The van der Waals surface area contributed by atoms with Crippen LogP contribution in [-0.4, -0.2) is 9.97 Å². The van der Waals surface area contributed by atoms with Crippen molar-refractivity contribution in [2.45, 2.75) is 6.54 Å². The summed E-state index contributed by atoms with van der Waals surface area (Å²) in [7, 11) is 0. The maximum atomic E-state index is 6.18. The molecule has 4 rings (SSSR count). The van der Waals surface area contributed by atoms with Crippen LogP contribution in [0.5, 0.6) is 0 Å². The average molecular weight is 417 g/mol. The molecule has 0 radical (unpaired) electrons. The Balaban J connectivity index is 0.00000210. The third-order valence-electron chi connectivity index (χ3n) is 4.27. The third kappa shape index (κ3) is 3.92. The van der Waals surface area contributed by atoms with E-state index in [2.05, 4.69) is 30.0 Å². The van der Waals surface area contributed by atoms with Gasteiger partial charge in [0.1, 0.15) is 0 Å². The van der Waals surface area contributed by atoms with E-state index >= 15 is 0 Å². The molecular formula is C21H16Cl3N3. The lowest BCUT2D eigenvalue weighted by Crippen LogP contribution is -3.00. The van der Waals surface area contributed by atoms with Crippen molar-refractivity contribution >= 4 is 34.2 Å². The van der Waals surface area contributed by atoms with Crippen LogP contribution in [0.1, 0.15) is 5.56 Å². The smallest absolute Gasteiger partial charge is 0.0997 e. The fraction of sp³-hybridized carbons (Fsp3) is 0.0476. The van der Waals surface area contributed by atoms with Crippen LogP contribution in [-0.2, 0) is 6.54 Å². The molecule has 27 heavy (non-hydrogen) atoms. The molecule has 6 heteroatoms. The van der Waals surface area contributed by atoms with Crippen LogP contribution >= 0.6 is 23.2 Å². The Morgan fingerprint density at radius 2 is 1.19 bits per heavy atom. The highest BCUT2D eigenvalue weighted by molar-refractivity contribution is 6.42. The fourth-order valence-electron chi connectivity index (χ4n) is 2.88. The fourth-order valence-corrected chi connectivity index (χ4v) is 3.20. The highest BCUT2D eigenvalue weighted by Gasteiger charge is 2.14. The first-order valence-electron chi connectivity index (χ1n) is 8.26. The SMILES string of the molecule is [Cl-].[NH3+]Cc1ccc(-c2nc3cc(Cl)c(Cl)cc3nc2-c2ccccc2)cc1. The van der Waals surface area contributed by atoms with Crippen molar-refractivity contribution in [2.24, 2.45) is 0 Å². The maximum absolute atomic E-state index is 6.18. The van der Waals surface area contributed by atoms with Gasteiger partial charge in [0.15, 0.2) is 0 Å². The number of quaternary nitrogens is 1. The number of fused-ring (bicyclic) bond motifs is 1. The zero-order valence-corrected chi connectivity index (χ0v) is 16.6. The van der Waals surface area contributed by atoms with Crippen molar-refractivity contribution in [1.82, 2.24) is 9.97 Å². The summed E-state index contributed by atoms with van der Waals surface area (Å²) in [5, 5.41) is 0.944. The zero-order valence-electron chi connectivity index (χ0n) is 14.3. The van der Waals surface area contributed by atoms with Crippen LogP contribution < -0.4 is 18.1 Å². The molecule has 0 atom stereocenters. The first-order valence-corrected chi connectivity index (χ1v) is 9.02. The van der Waals surface area contributed by atoms with Gasteiger partial charge >= 0.3 is 0 Å². The summed E-state index contributed by atoms with van der Waals surface area (Å²) < 4.78 is 0. The predicted octanol–water partition coefficient (Wildman–Crippen LogP) is 2.02. The molecule has 0 aliphatic carbocycles. The van der Waals surface area contributed by atoms with E-state index in [9.17, 15) is 0 Å². The Bertz CT molecular complexity index is 1080. The first kappa shape index (κ1) is 19.6. The van der Waals surface area contributed by atoms with Crippen LogP contribution in [0.15, 0.2) is 66.7 Å². The molecule has 3 N–H and O–H groups in total. The van der Waals surface area contributed by atoms with Gasteiger partial charge in [-0.15, -0.1) is 0 Å². The second-order valence-electron chi connectivity index (χ2n) is 5.99. The molecule has 0 spiro atoms. The van der Waals surface area contributed by atoms with Gasteiger partial charge < -0.3 is 18.1 Å². The van der Waals surface area contributed by atoms with Gasteiger partial charge in [0.2, 0.25) is 0 Å². The van der Waals surface area contributed by atoms with E-state index in [0.29, 0.717) is 10.0 Å². The van der Waals surface area contributed by atoms with Crippen LogP contribution in [0.3, 0.4) is 0 Å². The molecule has 3 aromatic carbocycles. The van der Waals surface area contributed by atoms with Gasteiger partial charge in [-0.2, -0.15) is 0 Å². The Labute approximate surface area is 173 Å². The number of aromatic nitrogens is 2. The predicted molar refractivity (Wildman–Crippen MR) is 107 cm³/mol. The van der Waals surface area contributed by atoms with Crippen molar-refractivity contribution in [3.05, 3.63) is 82.3 Å². The Morgan fingerprint density at radius 1 is 0.704 bits per heavy atom. The summed E-state index contributed by atoms with van der Waals surface area (Å²) in [5.41, 5.74) is 10.2. The summed E-state index contributed by atoms with van der Waals surface area (Å²) >= 11 is 12.3. The highest BCUT2D eigenvalue weighted by Crippen LogP contribution is 2.33. The van der Waals surface area contributed by atoms with Crippen molar-refractivity contribution in [1.29, 1.82) is 0 Å². The van der Waals surface area contributed by atoms with Gasteiger partial charge in [-0.3, -0.25) is 0 Å². The lowest BCUT2D eigenvalue weighted by atomic mass is 10.0. The topological polar surface area (TPSA) is 53.4 Å². The first-order chi connectivity index (χ1) is 12.7. The monoisotopic (exact) mass is 415 g/mol. The number of rotatable bonds is 3. The molecule has 136 valence electrons. The Kier molecular flexibility index (Phi) is 5.98. The summed E-state index contributed by atoms with van der Waals surface area (Å²) in [4.78, 5) is 9.71. The second kappa shape index (κ2) is 8.24. The van der Waals surface area contributed by atoms with Gasteiger partial charge in [0, 0.05) is 16.7 Å². The minimum absolute atomic E-state index is 0. The van der Waals surface area contributed by atoms with E-state index in [4.69, 9.17) is 33.2 Å². The second-order valence-corrected chi connectivity index (χ2v) is 6.80. The van der Waals surface area contributed by atoms with Gasteiger partial charge in [0.25, 0.3) is 0 Å². The van der Waals surface area contributed by atoms with Crippen LogP contribution in [0.2, 0.25) is 10.0 Å². The Morgan fingerprint density at radius 3 is 1.67 bits per heavy atom. The highest BCUT2D eigenvalue weighted by atomic mass is 35.5. The van der Waals surface area contributed by atoms with E-state index in [1.54, 1.807) is 12.1 Å². The Hall–Kier alpha value is -2.17. The summed E-state index contributed by atoms with van der Waals surface area (Å²) in [6, 6.07) is 21.8. The molecule has 0 bridgehead atoms. The van der Waals surface area contributed by atoms with Gasteiger partial charge in [0.05, 0.1) is 39.0 Å². The molecule has 0 fully saturated rings. The molecule has 1 aromatic heterocycles. The lowest BCUT2D eigenvalue weighted by molar-refractivity contribution is -0.386. The summed E-state index contributed by atoms with van der Waals surface area (Å²) in [6.45, 7) is 0.753. The summed E-state index contributed by atoms with van der Waals surface area (Å²) in [5.74, 6) is 0. The summed E-state index contributed by atoms with van der Waals surface area (Å²) in [6.07, 6.45) is 0. The lowest BCUT2D eigenvalue weighted by Gasteiger charge is -2.11. The van der Waals surface area contributed by atoms with Crippen molar-refractivity contribution in [3.63, 3.8) is 0 Å². The van der Waals surface area contributed by atoms with Gasteiger partial charge in [-0.1, -0.05) is 77.8 Å². The molecule has 0 saturated carbocycles.